The average molecular weight is 358 g/mol. The maximum absolute atomic E-state index is 12.3. The lowest BCUT2D eigenvalue weighted by atomic mass is 10.1. The molecular weight excluding hydrogens is 330 g/mol. The van der Waals surface area contributed by atoms with Crippen molar-refractivity contribution >= 4 is 23.4 Å². The molecule has 4 heteroatoms. The summed E-state index contributed by atoms with van der Waals surface area (Å²) < 4.78 is 5.22. The van der Waals surface area contributed by atoms with Crippen LogP contribution in [0, 0.1) is 6.92 Å². The van der Waals surface area contributed by atoms with Crippen LogP contribution in [0.3, 0.4) is 0 Å². The number of nitrogens with one attached hydrogen (secondary N) is 1. The van der Waals surface area contributed by atoms with E-state index < -0.39 is 0 Å². The monoisotopic (exact) mass is 357 g/mol. The fraction of sp³-hybridized carbons (Fsp3) is 0.381. The van der Waals surface area contributed by atoms with Crippen molar-refractivity contribution in [2.24, 2.45) is 0 Å². The Labute approximate surface area is 155 Å². The molecule has 0 aliphatic carbocycles. The molecule has 0 radical (unpaired) electrons. The van der Waals surface area contributed by atoms with Gasteiger partial charge in [0.2, 0.25) is 5.91 Å². The molecule has 1 unspecified atom stereocenters. The lowest BCUT2D eigenvalue weighted by Gasteiger charge is -2.12. The number of methoxy groups -OCH3 is 1. The van der Waals surface area contributed by atoms with Crippen molar-refractivity contribution in [2.45, 2.75) is 50.2 Å². The summed E-state index contributed by atoms with van der Waals surface area (Å²) in [4.78, 5) is 13.5. The second kappa shape index (κ2) is 9.52. The van der Waals surface area contributed by atoms with E-state index in [-0.39, 0.29) is 5.91 Å². The third kappa shape index (κ3) is 6.13. The zero-order valence-corrected chi connectivity index (χ0v) is 16.3. The van der Waals surface area contributed by atoms with Crippen molar-refractivity contribution in [3.05, 3.63) is 53.6 Å². The fourth-order valence-corrected chi connectivity index (χ4v) is 3.49. The first-order valence-corrected chi connectivity index (χ1v) is 9.60. The van der Waals surface area contributed by atoms with E-state index in [1.165, 1.54) is 4.90 Å². The van der Waals surface area contributed by atoms with E-state index in [9.17, 15) is 4.79 Å². The highest BCUT2D eigenvalue weighted by molar-refractivity contribution is 7.99. The molecule has 2 rings (SSSR count). The molecule has 0 bridgehead atoms. The molecule has 0 heterocycles. The van der Waals surface area contributed by atoms with E-state index in [4.69, 9.17) is 4.74 Å². The summed E-state index contributed by atoms with van der Waals surface area (Å²) in [6.07, 6.45) is 2.30. The molecule has 3 nitrogen and oxygen atoms in total. The SMILES string of the molecule is CCC(C)Sc1ccc(NC(=O)CCc2cccc(OC)c2)c(C)c1. The number of carbonyl (C=O) groups excluding carboxylic acids is 1. The van der Waals surface area contributed by atoms with E-state index in [0.29, 0.717) is 18.1 Å². The van der Waals surface area contributed by atoms with Gasteiger partial charge in [-0.05, 0) is 61.2 Å². The Bertz CT molecular complexity index is 715. The van der Waals surface area contributed by atoms with Crippen molar-refractivity contribution in [3.8, 4) is 5.75 Å². The van der Waals surface area contributed by atoms with Gasteiger partial charge in [0.25, 0.3) is 0 Å². The van der Waals surface area contributed by atoms with Gasteiger partial charge < -0.3 is 10.1 Å². The highest BCUT2D eigenvalue weighted by Crippen LogP contribution is 2.28. The van der Waals surface area contributed by atoms with Crippen molar-refractivity contribution in [2.75, 3.05) is 12.4 Å². The van der Waals surface area contributed by atoms with E-state index in [2.05, 4.69) is 31.3 Å². The molecule has 0 saturated heterocycles. The maximum atomic E-state index is 12.3. The number of benzene rings is 2. The van der Waals surface area contributed by atoms with E-state index in [1.807, 2.05) is 49.0 Å². The molecule has 25 heavy (non-hydrogen) atoms. The standard InChI is InChI=1S/C21H27NO2S/c1-5-16(3)25-19-10-11-20(15(2)13-19)22-21(23)12-9-17-7-6-8-18(14-17)24-4/h6-8,10-11,13-14,16H,5,9,12H2,1-4H3,(H,22,23). The predicted octanol–water partition coefficient (Wildman–Crippen LogP) is 5.47. The van der Waals surface area contributed by atoms with Crippen LogP contribution in [0.15, 0.2) is 47.4 Å². The summed E-state index contributed by atoms with van der Waals surface area (Å²) in [5, 5.41) is 3.62. The normalized spacial score (nSPS) is 11.8. The average Bonchev–Trinajstić information content (AvgIpc) is 2.62. The number of thioether (sulfide) groups is 1. The summed E-state index contributed by atoms with van der Waals surface area (Å²) in [6, 6.07) is 14.1. The number of hydrogen-bond acceptors (Lipinski definition) is 3. The Balaban J connectivity index is 1.91. The first-order valence-electron chi connectivity index (χ1n) is 8.72. The number of rotatable bonds is 8. The minimum atomic E-state index is 0.0354. The number of amides is 1. The minimum absolute atomic E-state index is 0.0354. The smallest absolute Gasteiger partial charge is 0.224 e. The van der Waals surface area contributed by atoms with E-state index in [1.54, 1.807) is 7.11 Å². The molecule has 0 spiro atoms. The van der Waals surface area contributed by atoms with Gasteiger partial charge in [0.1, 0.15) is 5.75 Å². The molecule has 1 N–H and O–H groups in total. The van der Waals surface area contributed by atoms with Gasteiger partial charge >= 0.3 is 0 Å². The Morgan fingerprint density at radius 1 is 1.24 bits per heavy atom. The van der Waals surface area contributed by atoms with Crippen LogP contribution < -0.4 is 10.1 Å². The number of carbonyl (C=O) groups is 1. The predicted molar refractivity (Wildman–Crippen MR) is 107 cm³/mol. The first kappa shape index (κ1) is 19.4. The highest BCUT2D eigenvalue weighted by Gasteiger charge is 2.08. The van der Waals surface area contributed by atoms with Crippen LogP contribution in [-0.2, 0) is 11.2 Å². The van der Waals surface area contributed by atoms with Gasteiger partial charge in [-0.25, -0.2) is 0 Å². The molecule has 0 aliphatic rings. The number of aryl methyl sites for hydroxylation is 2. The van der Waals surface area contributed by atoms with Gasteiger partial charge in [0.15, 0.2) is 0 Å². The number of ether oxygens (including phenoxy) is 1. The van der Waals surface area contributed by atoms with Crippen LogP contribution in [0.1, 0.15) is 37.8 Å². The van der Waals surface area contributed by atoms with Crippen molar-refractivity contribution in [1.82, 2.24) is 0 Å². The van der Waals surface area contributed by atoms with Crippen LogP contribution in [0.2, 0.25) is 0 Å². The van der Waals surface area contributed by atoms with E-state index in [0.717, 1.165) is 29.0 Å². The molecule has 134 valence electrons. The van der Waals surface area contributed by atoms with Crippen molar-refractivity contribution in [1.29, 1.82) is 0 Å². The minimum Gasteiger partial charge on any atom is -0.497 e. The second-order valence-electron chi connectivity index (χ2n) is 6.21. The summed E-state index contributed by atoms with van der Waals surface area (Å²) in [6.45, 7) is 6.47. The number of hydrogen-bond donors (Lipinski definition) is 1. The van der Waals surface area contributed by atoms with Crippen molar-refractivity contribution in [3.63, 3.8) is 0 Å². The molecule has 0 aromatic heterocycles. The summed E-state index contributed by atoms with van der Waals surface area (Å²) in [7, 11) is 1.65. The van der Waals surface area contributed by atoms with Crippen LogP contribution in [0.25, 0.3) is 0 Å². The van der Waals surface area contributed by atoms with E-state index >= 15 is 0 Å². The summed E-state index contributed by atoms with van der Waals surface area (Å²) in [5.74, 6) is 0.858. The van der Waals surface area contributed by atoms with Crippen LogP contribution in [0.5, 0.6) is 5.75 Å². The van der Waals surface area contributed by atoms with Gasteiger partial charge in [-0.2, -0.15) is 0 Å². The third-order valence-corrected chi connectivity index (χ3v) is 5.42. The van der Waals surface area contributed by atoms with Gasteiger partial charge in [0, 0.05) is 22.3 Å². The second-order valence-corrected chi connectivity index (χ2v) is 7.72. The van der Waals surface area contributed by atoms with Gasteiger partial charge in [0.05, 0.1) is 7.11 Å². The quantitative estimate of drug-likeness (QED) is 0.637. The summed E-state index contributed by atoms with van der Waals surface area (Å²) >= 11 is 1.87. The third-order valence-electron chi connectivity index (χ3n) is 4.16. The molecule has 2 aromatic rings. The first-order chi connectivity index (χ1) is 12.0. The van der Waals surface area contributed by atoms with Gasteiger partial charge in [-0.15, -0.1) is 11.8 Å². The van der Waals surface area contributed by atoms with Crippen LogP contribution in [-0.4, -0.2) is 18.3 Å². The molecule has 0 saturated carbocycles. The van der Waals surface area contributed by atoms with Gasteiger partial charge in [-0.1, -0.05) is 26.0 Å². The lowest BCUT2D eigenvalue weighted by Crippen LogP contribution is -2.13. The fourth-order valence-electron chi connectivity index (χ4n) is 2.46. The molecule has 1 amide bonds. The largest absolute Gasteiger partial charge is 0.497 e. The lowest BCUT2D eigenvalue weighted by molar-refractivity contribution is -0.116. The Hall–Kier alpha value is -1.94. The van der Waals surface area contributed by atoms with Crippen LogP contribution >= 0.6 is 11.8 Å². The topological polar surface area (TPSA) is 38.3 Å². The Morgan fingerprint density at radius 3 is 2.72 bits per heavy atom. The molecule has 0 aliphatic heterocycles. The van der Waals surface area contributed by atoms with Crippen molar-refractivity contribution < 1.29 is 9.53 Å². The highest BCUT2D eigenvalue weighted by atomic mass is 32.2. The molecular formula is C21H27NO2S. The van der Waals surface area contributed by atoms with Crippen LogP contribution in [0.4, 0.5) is 5.69 Å². The number of anilines is 1. The summed E-state index contributed by atoms with van der Waals surface area (Å²) in [5.41, 5.74) is 3.10. The maximum Gasteiger partial charge on any atom is 0.224 e. The zero-order chi connectivity index (χ0) is 18.2. The molecule has 2 aromatic carbocycles. The Morgan fingerprint density at radius 2 is 2.04 bits per heavy atom. The molecule has 0 fully saturated rings. The Kier molecular flexibility index (Phi) is 7.38. The zero-order valence-electron chi connectivity index (χ0n) is 15.5. The van der Waals surface area contributed by atoms with Gasteiger partial charge in [-0.3, -0.25) is 4.79 Å². The molecule has 1 atom stereocenters.